The maximum absolute atomic E-state index is 12.4. The lowest BCUT2D eigenvalue weighted by Gasteiger charge is -2.13. The van der Waals surface area contributed by atoms with E-state index in [0.29, 0.717) is 10.9 Å². The first kappa shape index (κ1) is 13.8. The highest BCUT2D eigenvalue weighted by Crippen LogP contribution is 2.17. The van der Waals surface area contributed by atoms with Gasteiger partial charge in [-0.05, 0) is 31.4 Å². The van der Waals surface area contributed by atoms with E-state index in [1.165, 1.54) is 23.7 Å². The maximum atomic E-state index is 12.4. The van der Waals surface area contributed by atoms with Crippen LogP contribution in [0.15, 0.2) is 29.3 Å². The molecule has 0 unspecified atom stereocenters. The van der Waals surface area contributed by atoms with Crippen LogP contribution in [0.4, 0.5) is 0 Å². The van der Waals surface area contributed by atoms with Crippen LogP contribution in [0.5, 0.6) is 0 Å². The summed E-state index contributed by atoms with van der Waals surface area (Å²) in [5.74, 6) is -0.113. The molecule has 3 rings (SSSR count). The molecular weight excluding hydrogens is 266 g/mol. The van der Waals surface area contributed by atoms with Crippen molar-refractivity contribution in [1.29, 1.82) is 0 Å². The third kappa shape index (κ3) is 2.82. The van der Waals surface area contributed by atoms with Crippen molar-refractivity contribution in [2.24, 2.45) is 0 Å². The van der Waals surface area contributed by atoms with Crippen molar-refractivity contribution in [3.8, 4) is 0 Å². The quantitative estimate of drug-likeness (QED) is 0.934. The van der Waals surface area contributed by atoms with E-state index in [0.717, 1.165) is 18.4 Å². The molecule has 1 heterocycles. The summed E-state index contributed by atoms with van der Waals surface area (Å²) >= 11 is 0. The standard InChI is InChI=1S/C16H19N3O2/c1-11-5-4-8-13-15(11)17-10-19(16(13)21)9-14(20)18-12-6-2-3-7-12/h4-5,8,10,12H,2-3,6-7,9H2,1H3,(H,18,20). The highest BCUT2D eigenvalue weighted by Gasteiger charge is 2.17. The summed E-state index contributed by atoms with van der Waals surface area (Å²) in [5, 5.41) is 3.55. The van der Waals surface area contributed by atoms with Gasteiger partial charge in [0.2, 0.25) is 5.91 Å². The summed E-state index contributed by atoms with van der Waals surface area (Å²) in [6, 6.07) is 5.78. The van der Waals surface area contributed by atoms with Crippen LogP contribution < -0.4 is 10.9 Å². The fourth-order valence-electron chi connectivity index (χ4n) is 2.95. The molecule has 1 fully saturated rings. The van der Waals surface area contributed by atoms with Gasteiger partial charge in [0.05, 0.1) is 17.2 Å². The van der Waals surface area contributed by atoms with Crippen LogP contribution in [0.3, 0.4) is 0 Å². The van der Waals surface area contributed by atoms with Gasteiger partial charge in [-0.2, -0.15) is 0 Å². The van der Waals surface area contributed by atoms with Gasteiger partial charge in [0, 0.05) is 6.04 Å². The number of rotatable bonds is 3. The van der Waals surface area contributed by atoms with Crippen LogP contribution in [-0.4, -0.2) is 21.5 Å². The van der Waals surface area contributed by atoms with Crippen LogP contribution in [0.2, 0.25) is 0 Å². The van der Waals surface area contributed by atoms with Crippen LogP contribution in [0.25, 0.3) is 10.9 Å². The number of aryl methyl sites for hydroxylation is 1. The largest absolute Gasteiger partial charge is 0.352 e. The van der Waals surface area contributed by atoms with Gasteiger partial charge in [0.15, 0.2) is 0 Å². The van der Waals surface area contributed by atoms with E-state index in [1.54, 1.807) is 6.07 Å². The van der Waals surface area contributed by atoms with Crippen LogP contribution >= 0.6 is 0 Å². The van der Waals surface area contributed by atoms with Crippen molar-refractivity contribution >= 4 is 16.8 Å². The molecule has 5 nitrogen and oxygen atoms in total. The van der Waals surface area contributed by atoms with Gasteiger partial charge >= 0.3 is 0 Å². The Hall–Kier alpha value is -2.17. The van der Waals surface area contributed by atoms with E-state index in [1.807, 2.05) is 19.1 Å². The van der Waals surface area contributed by atoms with Crippen molar-refractivity contribution in [2.75, 3.05) is 0 Å². The van der Waals surface area contributed by atoms with Gasteiger partial charge in [-0.25, -0.2) is 4.98 Å². The van der Waals surface area contributed by atoms with Gasteiger partial charge in [-0.15, -0.1) is 0 Å². The summed E-state index contributed by atoms with van der Waals surface area (Å²) < 4.78 is 1.38. The second kappa shape index (κ2) is 5.68. The SMILES string of the molecule is Cc1cccc2c(=O)n(CC(=O)NC3CCCC3)cnc12. The average Bonchev–Trinajstić information content (AvgIpc) is 2.95. The highest BCUT2D eigenvalue weighted by molar-refractivity contribution is 5.81. The molecule has 0 aliphatic heterocycles. The Morgan fingerprint density at radius 1 is 1.38 bits per heavy atom. The number of nitrogens with zero attached hydrogens (tertiary/aromatic N) is 2. The molecule has 1 aromatic carbocycles. The summed E-state index contributed by atoms with van der Waals surface area (Å²) in [6.45, 7) is 1.96. The Labute approximate surface area is 123 Å². The molecule has 21 heavy (non-hydrogen) atoms. The molecule has 1 aromatic heterocycles. The molecule has 1 aliphatic carbocycles. The first-order chi connectivity index (χ1) is 10.1. The molecule has 1 saturated carbocycles. The molecule has 110 valence electrons. The van der Waals surface area contributed by atoms with Crippen LogP contribution in [0, 0.1) is 6.92 Å². The van der Waals surface area contributed by atoms with E-state index in [2.05, 4.69) is 10.3 Å². The molecule has 1 N–H and O–H groups in total. The number of benzene rings is 1. The van der Waals surface area contributed by atoms with E-state index < -0.39 is 0 Å². The number of hydrogen-bond donors (Lipinski definition) is 1. The number of nitrogens with one attached hydrogen (secondary N) is 1. The lowest BCUT2D eigenvalue weighted by molar-refractivity contribution is -0.122. The van der Waals surface area contributed by atoms with Crippen molar-refractivity contribution in [3.63, 3.8) is 0 Å². The normalized spacial score (nSPS) is 15.5. The Kier molecular flexibility index (Phi) is 3.73. The molecule has 5 heteroatoms. The van der Waals surface area contributed by atoms with E-state index in [9.17, 15) is 9.59 Å². The summed E-state index contributed by atoms with van der Waals surface area (Å²) in [7, 11) is 0. The topological polar surface area (TPSA) is 64.0 Å². The first-order valence-electron chi connectivity index (χ1n) is 7.39. The van der Waals surface area contributed by atoms with Gasteiger partial charge in [-0.1, -0.05) is 25.0 Å². The zero-order valence-corrected chi connectivity index (χ0v) is 12.1. The lowest BCUT2D eigenvalue weighted by atomic mass is 10.1. The molecule has 0 bridgehead atoms. The Morgan fingerprint density at radius 3 is 2.90 bits per heavy atom. The number of fused-ring (bicyclic) bond motifs is 1. The number of hydrogen-bond acceptors (Lipinski definition) is 3. The van der Waals surface area contributed by atoms with Gasteiger partial charge in [0.25, 0.3) is 5.56 Å². The van der Waals surface area contributed by atoms with Crippen molar-refractivity contribution in [2.45, 2.75) is 45.2 Å². The zero-order chi connectivity index (χ0) is 14.8. The second-order valence-electron chi connectivity index (χ2n) is 5.70. The minimum Gasteiger partial charge on any atom is -0.352 e. The third-order valence-corrected chi connectivity index (χ3v) is 4.09. The van der Waals surface area contributed by atoms with E-state index >= 15 is 0 Å². The molecule has 1 amide bonds. The maximum Gasteiger partial charge on any atom is 0.261 e. The fraction of sp³-hybridized carbons (Fsp3) is 0.438. The smallest absolute Gasteiger partial charge is 0.261 e. The average molecular weight is 285 g/mol. The fourth-order valence-corrected chi connectivity index (χ4v) is 2.95. The minimum absolute atomic E-state index is 0.0339. The van der Waals surface area contributed by atoms with E-state index in [4.69, 9.17) is 0 Å². The van der Waals surface area contributed by atoms with E-state index in [-0.39, 0.29) is 24.1 Å². The number of carbonyl (C=O) groups excluding carboxylic acids is 1. The summed E-state index contributed by atoms with van der Waals surface area (Å²) in [6.07, 6.45) is 5.88. The number of para-hydroxylation sites is 1. The van der Waals surface area contributed by atoms with Crippen molar-refractivity contribution in [3.05, 3.63) is 40.4 Å². The molecule has 1 aliphatic rings. The number of carbonyl (C=O) groups is 1. The third-order valence-electron chi connectivity index (χ3n) is 4.09. The Balaban J connectivity index is 1.82. The van der Waals surface area contributed by atoms with Crippen molar-refractivity contribution < 1.29 is 4.79 Å². The Bertz CT molecular complexity index is 730. The highest BCUT2D eigenvalue weighted by atomic mass is 16.2. The van der Waals surface area contributed by atoms with Crippen LogP contribution in [0.1, 0.15) is 31.2 Å². The Morgan fingerprint density at radius 2 is 2.14 bits per heavy atom. The molecule has 0 saturated heterocycles. The predicted molar refractivity (Wildman–Crippen MR) is 81.1 cm³/mol. The molecule has 0 atom stereocenters. The number of aromatic nitrogens is 2. The zero-order valence-electron chi connectivity index (χ0n) is 12.1. The monoisotopic (exact) mass is 285 g/mol. The van der Waals surface area contributed by atoms with Gasteiger partial charge in [0.1, 0.15) is 6.54 Å². The van der Waals surface area contributed by atoms with Gasteiger partial charge < -0.3 is 5.32 Å². The van der Waals surface area contributed by atoms with Gasteiger partial charge in [-0.3, -0.25) is 14.2 Å². The molecule has 2 aromatic rings. The molecular formula is C16H19N3O2. The van der Waals surface area contributed by atoms with Crippen molar-refractivity contribution in [1.82, 2.24) is 14.9 Å². The molecule has 0 radical (unpaired) electrons. The summed E-state index contributed by atoms with van der Waals surface area (Å²) in [5.41, 5.74) is 1.51. The molecule has 0 spiro atoms. The predicted octanol–water partition coefficient (Wildman–Crippen LogP) is 1.76. The lowest BCUT2D eigenvalue weighted by Crippen LogP contribution is -2.37. The van der Waals surface area contributed by atoms with Crippen LogP contribution in [-0.2, 0) is 11.3 Å². The first-order valence-corrected chi connectivity index (χ1v) is 7.39. The second-order valence-corrected chi connectivity index (χ2v) is 5.70. The summed E-state index contributed by atoms with van der Waals surface area (Å²) in [4.78, 5) is 28.7. The minimum atomic E-state index is -0.162. The number of amides is 1.